The second kappa shape index (κ2) is 5.26. The van der Waals surface area contributed by atoms with Crippen LogP contribution in [0.25, 0.3) is 16.9 Å². The molecule has 0 bridgehead atoms. The lowest BCUT2D eigenvalue weighted by atomic mass is 9.99. The van der Waals surface area contributed by atoms with Gasteiger partial charge in [0.2, 0.25) is 0 Å². The molecule has 0 aromatic carbocycles. The summed E-state index contributed by atoms with van der Waals surface area (Å²) in [7, 11) is 0. The van der Waals surface area contributed by atoms with Crippen LogP contribution in [0.2, 0.25) is 0 Å². The number of imidazole rings is 1. The van der Waals surface area contributed by atoms with Crippen LogP contribution >= 0.6 is 0 Å². The van der Waals surface area contributed by atoms with E-state index >= 15 is 0 Å². The van der Waals surface area contributed by atoms with Crippen LogP contribution < -0.4 is 0 Å². The van der Waals surface area contributed by atoms with Crippen molar-refractivity contribution in [3.8, 4) is 5.69 Å². The van der Waals surface area contributed by atoms with Gasteiger partial charge in [-0.1, -0.05) is 0 Å². The van der Waals surface area contributed by atoms with Gasteiger partial charge in [0.05, 0.1) is 5.69 Å². The van der Waals surface area contributed by atoms with Crippen molar-refractivity contribution in [3.63, 3.8) is 0 Å². The highest BCUT2D eigenvalue weighted by atomic mass is 16.5. The smallest absolute Gasteiger partial charge is 0.164 e. The minimum Gasteiger partial charge on any atom is -0.381 e. The molecule has 0 radical (unpaired) electrons. The van der Waals surface area contributed by atoms with Crippen LogP contribution in [0.4, 0.5) is 0 Å². The van der Waals surface area contributed by atoms with Gasteiger partial charge < -0.3 is 4.74 Å². The van der Waals surface area contributed by atoms with Gasteiger partial charge in [0.25, 0.3) is 0 Å². The summed E-state index contributed by atoms with van der Waals surface area (Å²) in [6, 6.07) is 7.94. The third kappa shape index (κ3) is 2.19. The van der Waals surface area contributed by atoms with Crippen molar-refractivity contribution in [2.24, 2.45) is 0 Å². The van der Waals surface area contributed by atoms with Crippen molar-refractivity contribution < 1.29 is 4.74 Å². The molecular weight excluding hydrogens is 264 g/mol. The molecule has 3 aromatic heterocycles. The number of hydrogen-bond donors (Lipinski definition) is 0. The molecular formula is C16H16N4O. The number of fused-ring (bicyclic) bond motifs is 1. The van der Waals surface area contributed by atoms with Crippen LogP contribution in [0, 0.1) is 0 Å². The highest BCUT2D eigenvalue weighted by Crippen LogP contribution is 2.30. The maximum Gasteiger partial charge on any atom is 0.164 e. The van der Waals surface area contributed by atoms with Crippen molar-refractivity contribution in [2.45, 2.75) is 18.8 Å². The Kier molecular flexibility index (Phi) is 3.12. The molecule has 0 atom stereocenters. The third-order valence-corrected chi connectivity index (χ3v) is 3.95. The number of nitrogens with zero attached hydrogens (tertiary/aromatic N) is 4. The Bertz CT molecular complexity index is 747. The van der Waals surface area contributed by atoms with Crippen molar-refractivity contribution >= 4 is 11.2 Å². The summed E-state index contributed by atoms with van der Waals surface area (Å²) in [4.78, 5) is 13.5. The Morgan fingerprint density at radius 2 is 1.86 bits per heavy atom. The summed E-state index contributed by atoms with van der Waals surface area (Å²) < 4.78 is 7.64. The van der Waals surface area contributed by atoms with Crippen molar-refractivity contribution in [2.75, 3.05) is 13.2 Å². The summed E-state index contributed by atoms with van der Waals surface area (Å²) in [6.45, 7) is 1.61. The fraction of sp³-hybridized carbons (Fsp3) is 0.312. The van der Waals surface area contributed by atoms with Gasteiger partial charge in [0.1, 0.15) is 11.3 Å². The molecule has 0 aliphatic carbocycles. The van der Waals surface area contributed by atoms with Crippen LogP contribution in [0.15, 0.2) is 42.9 Å². The molecule has 1 fully saturated rings. The van der Waals surface area contributed by atoms with Gasteiger partial charge in [0.15, 0.2) is 5.65 Å². The quantitative estimate of drug-likeness (QED) is 0.724. The average molecular weight is 280 g/mol. The molecule has 1 aliphatic rings. The Hall–Kier alpha value is -2.27. The predicted molar refractivity (Wildman–Crippen MR) is 79.5 cm³/mol. The van der Waals surface area contributed by atoms with E-state index in [9.17, 15) is 0 Å². The standard InChI is InChI=1S/C16H16N4O/c1-2-14-16(18-7-1)20(13-3-8-17-9-4-13)15(19-14)12-5-10-21-11-6-12/h1-4,7-9,12H,5-6,10-11H2. The molecule has 5 nitrogen and oxygen atoms in total. The van der Waals surface area contributed by atoms with Gasteiger partial charge in [-0.05, 0) is 37.1 Å². The van der Waals surface area contributed by atoms with Gasteiger partial charge in [-0.25, -0.2) is 9.97 Å². The van der Waals surface area contributed by atoms with Gasteiger partial charge in [-0.2, -0.15) is 0 Å². The van der Waals surface area contributed by atoms with Crippen LogP contribution in [-0.4, -0.2) is 32.7 Å². The summed E-state index contributed by atoms with van der Waals surface area (Å²) in [5.41, 5.74) is 2.91. The normalized spacial score (nSPS) is 16.4. The minimum absolute atomic E-state index is 0.418. The molecule has 0 N–H and O–H groups in total. The average Bonchev–Trinajstić information content (AvgIpc) is 2.96. The van der Waals surface area contributed by atoms with E-state index in [1.807, 2.05) is 30.5 Å². The van der Waals surface area contributed by atoms with Crippen LogP contribution in [-0.2, 0) is 4.74 Å². The molecule has 5 heteroatoms. The number of aromatic nitrogens is 4. The van der Waals surface area contributed by atoms with Crippen molar-refractivity contribution in [1.29, 1.82) is 0 Å². The molecule has 1 aliphatic heterocycles. The molecule has 106 valence electrons. The fourth-order valence-electron chi connectivity index (χ4n) is 2.91. The zero-order chi connectivity index (χ0) is 14.1. The minimum atomic E-state index is 0.418. The van der Waals surface area contributed by atoms with E-state index in [0.717, 1.165) is 48.7 Å². The third-order valence-electron chi connectivity index (χ3n) is 3.95. The molecule has 0 saturated carbocycles. The van der Waals surface area contributed by atoms with E-state index in [-0.39, 0.29) is 0 Å². The summed E-state index contributed by atoms with van der Waals surface area (Å²) >= 11 is 0. The highest BCUT2D eigenvalue weighted by molar-refractivity contribution is 5.73. The first-order valence-electron chi connectivity index (χ1n) is 7.25. The first-order valence-corrected chi connectivity index (χ1v) is 7.25. The number of pyridine rings is 2. The maximum absolute atomic E-state index is 5.48. The molecule has 1 saturated heterocycles. The molecule has 0 amide bonds. The van der Waals surface area contributed by atoms with Crippen LogP contribution in [0.5, 0.6) is 0 Å². The maximum atomic E-state index is 5.48. The Morgan fingerprint density at radius 1 is 1.05 bits per heavy atom. The SMILES string of the molecule is c1cnc2c(c1)nc(C1CCOCC1)n2-c1ccncc1. The monoisotopic (exact) mass is 280 g/mol. The van der Waals surface area contributed by atoms with Crippen molar-refractivity contribution in [1.82, 2.24) is 19.5 Å². The van der Waals surface area contributed by atoms with E-state index in [4.69, 9.17) is 9.72 Å². The molecule has 21 heavy (non-hydrogen) atoms. The largest absolute Gasteiger partial charge is 0.381 e. The fourth-order valence-corrected chi connectivity index (χ4v) is 2.91. The van der Waals surface area contributed by atoms with Gasteiger partial charge in [0, 0.05) is 37.7 Å². The molecule has 0 spiro atoms. The zero-order valence-corrected chi connectivity index (χ0v) is 11.6. The Morgan fingerprint density at radius 3 is 2.67 bits per heavy atom. The summed E-state index contributed by atoms with van der Waals surface area (Å²) in [5.74, 6) is 1.50. The van der Waals surface area contributed by atoms with E-state index < -0.39 is 0 Å². The zero-order valence-electron chi connectivity index (χ0n) is 11.6. The topological polar surface area (TPSA) is 52.8 Å². The van der Waals surface area contributed by atoms with E-state index in [2.05, 4.69) is 14.5 Å². The second-order valence-corrected chi connectivity index (χ2v) is 5.24. The van der Waals surface area contributed by atoms with Gasteiger partial charge in [-0.3, -0.25) is 9.55 Å². The summed E-state index contributed by atoms with van der Waals surface area (Å²) in [6.07, 6.45) is 7.44. The summed E-state index contributed by atoms with van der Waals surface area (Å²) in [5, 5.41) is 0. The molecule has 4 heterocycles. The first kappa shape index (κ1) is 12.5. The van der Waals surface area contributed by atoms with E-state index in [0.29, 0.717) is 5.92 Å². The Balaban J connectivity index is 1.92. The Labute approximate surface area is 122 Å². The lowest BCUT2D eigenvalue weighted by Gasteiger charge is -2.22. The van der Waals surface area contributed by atoms with E-state index in [1.165, 1.54) is 0 Å². The molecule has 4 rings (SSSR count). The molecule has 0 unspecified atom stereocenters. The van der Waals surface area contributed by atoms with Crippen molar-refractivity contribution in [3.05, 3.63) is 48.7 Å². The van der Waals surface area contributed by atoms with Gasteiger partial charge in [-0.15, -0.1) is 0 Å². The lowest BCUT2D eigenvalue weighted by Crippen LogP contribution is -2.17. The van der Waals surface area contributed by atoms with Crippen LogP contribution in [0.1, 0.15) is 24.6 Å². The highest BCUT2D eigenvalue weighted by Gasteiger charge is 2.23. The van der Waals surface area contributed by atoms with Crippen LogP contribution in [0.3, 0.4) is 0 Å². The van der Waals surface area contributed by atoms with E-state index in [1.54, 1.807) is 12.4 Å². The number of hydrogen-bond acceptors (Lipinski definition) is 4. The number of ether oxygens (including phenoxy) is 1. The second-order valence-electron chi connectivity index (χ2n) is 5.24. The predicted octanol–water partition coefficient (Wildman–Crippen LogP) is 2.71. The van der Waals surface area contributed by atoms with Gasteiger partial charge >= 0.3 is 0 Å². The first-order chi connectivity index (χ1) is 10.4. The number of rotatable bonds is 2. The lowest BCUT2D eigenvalue weighted by molar-refractivity contribution is 0.0834. The molecule has 3 aromatic rings.